The van der Waals surface area contributed by atoms with Gasteiger partial charge in [0.2, 0.25) is 0 Å². The van der Waals surface area contributed by atoms with Crippen LogP contribution in [0.25, 0.3) is 0 Å². The number of halogens is 1. The molecular formula is C12H11BrN2OS. The number of carbonyl (C=O) groups is 1. The molecule has 0 saturated heterocycles. The molecule has 0 aliphatic carbocycles. The van der Waals surface area contributed by atoms with E-state index in [1.807, 2.05) is 30.5 Å². The van der Waals surface area contributed by atoms with Crippen molar-refractivity contribution in [3.05, 3.63) is 50.4 Å². The summed E-state index contributed by atoms with van der Waals surface area (Å²) in [7, 11) is 0. The molecule has 0 atom stereocenters. The number of amides is 1. The Bertz CT molecular complexity index is 539. The fourth-order valence-corrected chi connectivity index (χ4v) is 2.48. The van der Waals surface area contributed by atoms with Crippen LogP contribution >= 0.6 is 27.3 Å². The Morgan fingerprint density at radius 1 is 1.47 bits per heavy atom. The zero-order chi connectivity index (χ0) is 12.3. The van der Waals surface area contributed by atoms with E-state index >= 15 is 0 Å². The Morgan fingerprint density at radius 2 is 2.24 bits per heavy atom. The summed E-state index contributed by atoms with van der Waals surface area (Å²) in [6.45, 7) is 2.41. The molecule has 0 bridgehead atoms. The van der Waals surface area contributed by atoms with Crippen LogP contribution in [0.3, 0.4) is 0 Å². The van der Waals surface area contributed by atoms with Gasteiger partial charge in [0.05, 0.1) is 22.8 Å². The molecule has 0 fully saturated rings. The highest BCUT2D eigenvalue weighted by molar-refractivity contribution is 9.10. The Labute approximate surface area is 112 Å². The summed E-state index contributed by atoms with van der Waals surface area (Å²) in [6, 6.07) is 7.35. The van der Waals surface area contributed by atoms with E-state index in [9.17, 15) is 4.79 Å². The molecule has 0 saturated carbocycles. The first-order chi connectivity index (χ1) is 8.16. The van der Waals surface area contributed by atoms with Gasteiger partial charge >= 0.3 is 0 Å². The van der Waals surface area contributed by atoms with E-state index in [-0.39, 0.29) is 5.91 Å². The fraction of sp³-hybridized carbons (Fsp3) is 0.167. The van der Waals surface area contributed by atoms with E-state index in [0.29, 0.717) is 12.1 Å². The van der Waals surface area contributed by atoms with Crippen molar-refractivity contribution < 1.29 is 4.79 Å². The molecular weight excluding hydrogens is 300 g/mol. The first-order valence-electron chi connectivity index (χ1n) is 5.10. The Morgan fingerprint density at radius 3 is 2.88 bits per heavy atom. The van der Waals surface area contributed by atoms with E-state index in [0.717, 1.165) is 15.2 Å². The van der Waals surface area contributed by atoms with Gasteiger partial charge in [-0.2, -0.15) is 0 Å². The maximum atomic E-state index is 11.9. The second-order valence-corrected chi connectivity index (χ2v) is 5.44. The van der Waals surface area contributed by atoms with Crippen molar-refractivity contribution in [3.63, 3.8) is 0 Å². The van der Waals surface area contributed by atoms with Gasteiger partial charge < -0.3 is 5.32 Å². The van der Waals surface area contributed by atoms with Crippen LogP contribution in [0, 0.1) is 6.92 Å². The van der Waals surface area contributed by atoms with Crippen LogP contribution in [0.1, 0.15) is 21.1 Å². The summed E-state index contributed by atoms with van der Waals surface area (Å²) >= 11 is 4.94. The van der Waals surface area contributed by atoms with Crippen molar-refractivity contribution >= 4 is 33.2 Å². The summed E-state index contributed by atoms with van der Waals surface area (Å²) < 4.78 is 0.798. The maximum absolute atomic E-state index is 11.9. The number of rotatable bonds is 3. The largest absolute Gasteiger partial charge is 0.346 e. The van der Waals surface area contributed by atoms with Crippen molar-refractivity contribution in [2.75, 3.05) is 0 Å². The number of nitrogens with one attached hydrogen (secondary N) is 1. The van der Waals surface area contributed by atoms with Crippen LogP contribution in [0.15, 0.2) is 34.1 Å². The van der Waals surface area contributed by atoms with Gasteiger partial charge in [0, 0.05) is 9.85 Å². The number of nitrogens with zero attached hydrogens (tertiary/aromatic N) is 1. The molecule has 3 nitrogen and oxygen atoms in total. The lowest BCUT2D eigenvalue weighted by Crippen LogP contribution is -2.23. The third-order valence-corrected chi connectivity index (χ3v) is 3.73. The average Bonchev–Trinajstić information content (AvgIpc) is 2.73. The average molecular weight is 311 g/mol. The van der Waals surface area contributed by atoms with Gasteiger partial charge in [-0.3, -0.25) is 4.79 Å². The van der Waals surface area contributed by atoms with E-state index in [2.05, 4.69) is 26.2 Å². The van der Waals surface area contributed by atoms with E-state index in [4.69, 9.17) is 0 Å². The molecule has 5 heteroatoms. The molecule has 17 heavy (non-hydrogen) atoms. The van der Waals surface area contributed by atoms with Crippen molar-refractivity contribution in [1.82, 2.24) is 10.3 Å². The van der Waals surface area contributed by atoms with Crippen LogP contribution in [0.2, 0.25) is 0 Å². The van der Waals surface area contributed by atoms with Gasteiger partial charge in [0.25, 0.3) is 5.91 Å². The molecule has 1 N–H and O–H groups in total. The number of thiazole rings is 1. The van der Waals surface area contributed by atoms with Crippen LogP contribution in [0.4, 0.5) is 0 Å². The zero-order valence-corrected chi connectivity index (χ0v) is 11.6. The molecule has 88 valence electrons. The van der Waals surface area contributed by atoms with Gasteiger partial charge in [-0.05, 0) is 35.0 Å². The predicted molar refractivity (Wildman–Crippen MR) is 72.2 cm³/mol. The second kappa shape index (κ2) is 5.42. The van der Waals surface area contributed by atoms with Gasteiger partial charge in [-0.25, -0.2) is 4.98 Å². The highest BCUT2D eigenvalue weighted by Gasteiger charge is 2.09. The normalized spacial score (nSPS) is 10.2. The molecule has 1 heterocycles. The standard InChI is InChI=1S/C12H11BrN2OS/c1-8-15-9(7-17-8)6-14-12(16)10-4-2-3-5-11(10)13/h2-5,7H,6H2,1H3,(H,14,16). The third-order valence-electron chi connectivity index (χ3n) is 2.22. The summed E-state index contributed by atoms with van der Waals surface area (Å²) in [6.07, 6.45) is 0. The first-order valence-corrected chi connectivity index (χ1v) is 6.78. The van der Waals surface area contributed by atoms with Crippen LogP contribution < -0.4 is 5.32 Å². The Hall–Kier alpha value is -1.20. The van der Waals surface area contributed by atoms with Gasteiger partial charge in [-0.1, -0.05) is 12.1 Å². The topological polar surface area (TPSA) is 42.0 Å². The fourth-order valence-electron chi connectivity index (χ4n) is 1.40. The molecule has 0 radical (unpaired) electrons. The molecule has 1 aromatic heterocycles. The number of benzene rings is 1. The van der Waals surface area contributed by atoms with Gasteiger partial charge in [0.15, 0.2) is 0 Å². The Balaban J connectivity index is 2.01. The molecule has 0 aliphatic heterocycles. The van der Waals surface area contributed by atoms with Gasteiger partial charge in [0.1, 0.15) is 0 Å². The highest BCUT2D eigenvalue weighted by atomic mass is 79.9. The van der Waals surface area contributed by atoms with Crippen LogP contribution in [-0.2, 0) is 6.54 Å². The number of aromatic nitrogens is 1. The van der Waals surface area contributed by atoms with Crippen LogP contribution in [-0.4, -0.2) is 10.9 Å². The summed E-state index contributed by atoms with van der Waals surface area (Å²) in [5.74, 6) is -0.0943. The van der Waals surface area contributed by atoms with E-state index in [1.165, 1.54) is 0 Å². The second-order valence-electron chi connectivity index (χ2n) is 3.52. The monoisotopic (exact) mass is 310 g/mol. The van der Waals surface area contributed by atoms with Crippen molar-refractivity contribution in [3.8, 4) is 0 Å². The summed E-state index contributed by atoms with van der Waals surface area (Å²) in [4.78, 5) is 16.2. The van der Waals surface area contributed by atoms with E-state index < -0.39 is 0 Å². The molecule has 0 aliphatic rings. The summed E-state index contributed by atoms with van der Waals surface area (Å²) in [5.41, 5.74) is 1.53. The number of hydrogen-bond acceptors (Lipinski definition) is 3. The summed E-state index contributed by atoms with van der Waals surface area (Å²) in [5, 5.41) is 5.81. The van der Waals surface area contributed by atoms with Crippen molar-refractivity contribution in [2.24, 2.45) is 0 Å². The highest BCUT2D eigenvalue weighted by Crippen LogP contribution is 2.15. The third kappa shape index (κ3) is 3.14. The number of carbonyl (C=O) groups excluding carboxylic acids is 1. The minimum absolute atomic E-state index is 0.0943. The SMILES string of the molecule is Cc1nc(CNC(=O)c2ccccc2Br)cs1. The molecule has 0 spiro atoms. The van der Waals surface area contributed by atoms with Crippen LogP contribution in [0.5, 0.6) is 0 Å². The van der Waals surface area contributed by atoms with Gasteiger partial charge in [-0.15, -0.1) is 11.3 Å². The quantitative estimate of drug-likeness (QED) is 0.946. The molecule has 0 unspecified atom stereocenters. The van der Waals surface area contributed by atoms with Crippen molar-refractivity contribution in [1.29, 1.82) is 0 Å². The van der Waals surface area contributed by atoms with E-state index in [1.54, 1.807) is 17.4 Å². The minimum Gasteiger partial charge on any atom is -0.346 e. The maximum Gasteiger partial charge on any atom is 0.252 e. The lowest BCUT2D eigenvalue weighted by Gasteiger charge is -2.04. The van der Waals surface area contributed by atoms with Crippen molar-refractivity contribution in [2.45, 2.75) is 13.5 Å². The zero-order valence-electron chi connectivity index (χ0n) is 9.24. The molecule has 2 aromatic rings. The lowest BCUT2D eigenvalue weighted by molar-refractivity contribution is 0.0949. The number of aryl methyl sites for hydroxylation is 1. The minimum atomic E-state index is -0.0943. The predicted octanol–water partition coefficient (Wildman–Crippen LogP) is 3.14. The first kappa shape index (κ1) is 12.3. The smallest absolute Gasteiger partial charge is 0.252 e. The molecule has 1 amide bonds. The lowest BCUT2D eigenvalue weighted by atomic mass is 10.2. The number of hydrogen-bond donors (Lipinski definition) is 1. The molecule has 2 rings (SSSR count). The molecule has 1 aromatic carbocycles. The Kier molecular flexibility index (Phi) is 3.91.